The van der Waals surface area contributed by atoms with E-state index in [-0.39, 0.29) is 6.04 Å². The summed E-state index contributed by atoms with van der Waals surface area (Å²) in [5.41, 5.74) is 9.96. The molecule has 0 saturated heterocycles. The molecule has 1 aromatic carbocycles. The molecule has 0 heterocycles. The molecule has 70 valence electrons. The van der Waals surface area contributed by atoms with E-state index in [9.17, 15) is 0 Å². The van der Waals surface area contributed by atoms with Crippen molar-refractivity contribution < 1.29 is 4.74 Å². The minimum Gasteiger partial charge on any atom is -0.497 e. The van der Waals surface area contributed by atoms with Crippen LogP contribution in [0.3, 0.4) is 0 Å². The Bertz CT molecular complexity index is 333. The van der Waals surface area contributed by atoms with Gasteiger partial charge in [-0.25, -0.2) is 0 Å². The number of methoxy groups -OCH3 is 1. The normalized spacial score (nSPS) is 20.1. The summed E-state index contributed by atoms with van der Waals surface area (Å²) >= 11 is 0. The van der Waals surface area contributed by atoms with Crippen molar-refractivity contribution in [1.29, 1.82) is 0 Å². The summed E-state index contributed by atoms with van der Waals surface area (Å²) in [6.07, 6.45) is 2.16. The molecule has 1 aliphatic rings. The van der Waals surface area contributed by atoms with Crippen LogP contribution in [0.15, 0.2) is 12.1 Å². The van der Waals surface area contributed by atoms with Crippen LogP contribution in [0.25, 0.3) is 0 Å². The molecule has 0 spiro atoms. The number of rotatable bonds is 1. The quantitative estimate of drug-likeness (QED) is 0.711. The summed E-state index contributed by atoms with van der Waals surface area (Å²) < 4.78 is 5.21. The first-order chi connectivity index (χ1) is 6.22. The maximum Gasteiger partial charge on any atom is 0.119 e. The van der Waals surface area contributed by atoms with Crippen molar-refractivity contribution in [3.63, 3.8) is 0 Å². The van der Waals surface area contributed by atoms with Gasteiger partial charge in [0, 0.05) is 6.04 Å². The largest absolute Gasteiger partial charge is 0.497 e. The molecule has 13 heavy (non-hydrogen) atoms. The molecule has 0 saturated carbocycles. The average Bonchev–Trinajstić information content (AvgIpc) is 2.48. The zero-order valence-electron chi connectivity index (χ0n) is 8.13. The Hall–Kier alpha value is -1.02. The molecular formula is C11H15NO. The van der Waals surface area contributed by atoms with E-state index in [1.165, 1.54) is 16.7 Å². The smallest absolute Gasteiger partial charge is 0.119 e. The second kappa shape index (κ2) is 3.04. The third-order valence-corrected chi connectivity index (χ3v) is 2.78. The maximum atomic E-state index is 6.00. The monoisotopic (exact) mass is 177 g/mol. The number of ether oxygens (including phenoxy) is 1. The van der Waals surface area contributed by atoms with Gasteiger partial charge in [0.2, 0.25) is 0 Å². The van der Waals surface area contributed by atoms with Crippen molar-refractivity contribution in [2.45, 2.75) is 25.8 Å². The number of hydrogen-bond acceptors (Lipinski definition) is 2. The molecule has 0 bridgehead atoms. The van der Waals surface area contributed by atoms with Gasteiger partial charge < -0.3 is 10.5 Å². The molecule has 2 heteroatoms. The Morgan fingerprint density at radius 2 is 2.23 bits per heavy atom. The van der Waals surface area contributed by atoms with Crippen LogP contribution in [0.1, 0.15) is 29.2 Å². The molecule has 2 nitrogen and oxygen atoms in total. The fourth-order valence-corrected chi connectivity index (χ4v) is 2.15. The lowest BCUT2D eigenvalue weighted by Gasteiger charge is -2.10. The third kappa shape index (κ3) is 1.31. The van der Waals surface area contributed by atoms with Crippen molar-refractivity contribution in [3.8, 4) is 5.75 Å². The van der Waals surface area contributed by atoms with E-state index in [4.69, 9.17) is 10.5 Å². The van der Waals surface area contributed by atoms with Crippen molar-refractivity contribution in [1.82, 2.24) is 0 Å². The summed E-state index contributed by atoms with van der Waals surface area (Å²) in [7, 11) is 1.70. The van der Waals surface area contributed by atoms with Gasteiger partial charge in [-0.15, -0.1) is 0 Å². The second-order valence-corrected chi connectivity index (χ2v) is 3.66. The van der Waals surface area contributed by atoms with E-state index >= 15 is 0 Å². The molecule has 1 unspecified atom stereocenters. The zero-order valence-corrected chi connectivity index (χ0v) is 8.13. The minimum atomic E-state index is 0.237. The highest BCUT2D eigenvalue weighted by molar-refractivity contribution is 5.45. The minimum absolute atomic E-state index is 0.237. The molecule has 0 radical (unpaired) electrons. The van der Waals surface area contributed by atoms with Crippen LogP contribution in [0.4, 0.5) is 0 Å². The number of benzene rings is 1. The topological polar surface area (TPSA) is 35.2 Å². The molecule has 0 fully saturated rings. The average molecular weight is 177 g/mol. The fourth-order valence-electron chi connectivity index (χ4n) is 2.15. The molecule has 0 aliphatic heterocycles. The molecule has 2 rings (SSSR count). The van der Waals surface area contributed by atoms with Crippen LogP contribution in [0.2, 0.25) is 0 Å². The third-order valence-electron chi connectivity index (χ3n) is 2.78. The Balaban J connectivity index is 2.53. The first kappa shape index (κ1) is 8.57. The first-order valence-corrected chi connectivity index (χ1v) is 4.65. The molecule has 1 aromatic rings. The lowest BCUT2D eigenvalue weighted by atomic mass is 10.0. The molecule has 1 aliphatic carbocycles. The Morgan fingerprint density at radius 3 is 2.92 bits per heavy atom. The highest BCUT2D eigenvalue weighted by atomic mass is 16.5. The van der Waals surface area contributed by atoms with E-state index in [0.717, 1.165) is 18.6 Å². The summed E-state index contributed by atoms with van der Waals surface area (Å²) in [6, 6.07) is 4.40. The van der Waals surface area contributed by atoms with Gasteiger partial charge in [-0.1, -0.05) is 0 Å². The summed E-state index contributed by atoms with van der Waals surface area (Å²) in [5.74, 6) is 0.949. The van der Waals surface area contributed by atoms with Crippen LogP contribution in [-0.2, 0) is 6.42 Å². The number of hydrogen-bond donors (Lipinski definition) is 1. The standard InChI is InChI=1S/C11H15NO/c1-7-5-9(13-2)6-8-3-4-10(12)11(7)8/h5-6,10H,3-4,12H2,1-2H3. The predicted molar refractivity (Wildman–Crippen MR) is 53.0 cm³/mol. The summed E-state index contributed by atoms with van der Waals surface area (Å²) in [6.45, 7) is 2.10. The highest BCUT2D eigenvalue weighted by Gasteiger charge is 2.21. The molecule has 0 aromatic heterocycles. The molecular weight excluding hydrogens is 162 g/mol. The van der Waals surface area contributed by atoms with Gasteiger partial charge in [-0.2, -0.15) is 0 Å². The number of nitrogens with two attached hydrogens (primary N) is 1. The Labute approximate surface area is 78.7 Å². The van der Waals surface area contributed by atoms with E-state index < -0.39 is 0 Å². The Kier molecular flexibility index (Phi) is 2.00. The van der Waals surface area contributed by atoms with Gasteiger partial charge in [0.1, 0.15) is 5.75 Å². The summed E-state index contributed by atoms with van der Waals surface area (Å²) in [4.78, 5) is 0. The van der Waals surface area contributed by atoms with Crippen LogP contribution >= 0.6 is 0 Å². The van der Waals surface area contributed by atoms with Crippen molar-refractivity contribution in [2.24, 2.45) is 5.73 Å². The van der Waals surface area contributed by atoms with Crippen LogP contribution in [0.5, 0.6) is 5.75 Å². The maximum absolute atomic E-state index is 6.00. The number of aryl methyl sites for hydroxylation is 2. The lowest BCUT2D eigenvalue weighted by molar-refractivity contribution is 0.414. The van der Waals surface area contributed by atoms with E-state index in [0.29, 0.717) is 0 Å². The predicted octanol–water partition coefficient (Wildman–Crippen LogP) is 1.95. The van der Waals surface area contributed by atoms with Gasteiger partial charge in [-0.05, 0) is 48.6 Å². The van der Waals surface area contributed by atoms with Gasteiger partial charge >= 0.3 is 0 Å². The summed E-state index contributed by atoms with van der Waals surface area (Å²) in [5, 5.41) is 0. The number of fused-ring (bicyclic) bond motifs is 1. The molecule has 0 amide bonds. The van der Waals surface area contributed by atoms with Gasteiger partial charge in [0.25, 0.3) is 0 Å². The van der Waals surface area contributed by atoms with E-state index in [1.54, 1.807) is 7.11 Å². The van der Waals surface area contributed by atoms with Gasteiger partial charge in [0.15, 0.2) is 0 Å². The fraction of sp³-hybridized carbons (Fsp3) is 0.455. The second-order valence-electron chi connectivity index (χ2n) is 3.66. The van der Waals surface area contributed by atoms with Crippen LogP contribution in [-0.4, -0.2) is 7.11 Å². The zero-order chi connectivity index (χ0) is 9.42. The van der Waals surface area contributed by atoms with E-state index in [1.807, 2.05) is 0 Å². The molecule has 2 N–H and O–H groups in total. The van der Waals surface area contributed by atoms with Crippen molar-refractivity contribution >= 4 is 0 Å². The SMILES string of the molecule is COc1cc(C)c2c(c1)CCC2N. The van der Waals surface area contributed by atoms with Crippen LogP contribution in [0, 0.1) is 6.92 Å². The lowest BCUT2D eigenvalue weighted by Crippen LogP contribution is -2.07. The van der Waals surface area contributed by atoms with Crippen molar-refractivity contribution in [2.75, 3.05) is 7.11 Å². The first-order valence-electron chi connectivity index (χ1n) is 4.65. The highest BCUT2D eigenvalue weighted by Crippen LogP contribution is 2.34. The molecule has 1 atom stereocenters. The van der Waals surface area contributed by atoms with E-state index in [2.05, 4.69) is 19.1 Å². The van der Waals surface area contributed by atoms with Crippen LogP contribution < -0.4 is 10.5 Å². The van der Waals surface area contributed by atoms with Gasteiger partial charge in [0.05, 0.1) is 7.11 Å². The Morgan fingerprint density at radius 1 is 1.46 bits per heavy atom. The van der Waals surface area contributed by atoms with Crippen molar-refractivity contribution in [3.05, 3.63) is 28.8 Å². The van der Waals surface area contributed by atoms with Gasteiger partial charge in [-0.3, -0.25) is 0 Å².